The van der Waals surface area contributed by atoms with E-state index in [9.17, 15) is 4.79 Å². The Balaban J connectivity index is 1.96. The zero-order chi connectivity index (χ0) is 11.5. The van der Waals surface area contributed by atoms with Gasteiger partial charge in [0.2, 0.25) is 5.91 Å². The van der Waals surface area contributed by atoms with Crippen molar-refractivity contribution < 1.29 is 4.79 Å². The van der Waals surface area contributed by atoms with Crippen LogP contribution >= 0.6 is 11.5 Å². The highest BCUT2D eigenvalue weighted by Crippen LogP contribution is 2.47. The van der Waals surface area contributed by atoms with Gasteiger partial charge in [0.05, 0.1) is 6.54 Å². The molecule has 1 heterocycles. The molecule has 88 valence electrons. The maximum atomic E-state index is 11.3. The van der Waals surface area contributed by atoms with Crippen molar-refractivity contribution >= 4 is 28.3 Å². The normalized spacial score (nSPS) is 14.8. The van der Waals surface area contributed by atoms with E-state index in [-0.39, 0.29) is 12.5 Å². The van der Waals surface area contributed by atoms with E-state index in [4.69, 9.17) is 5.73 Å². The van der Waals surface area contributed by atoms with Crippen LogP contribution in [0.25, 0.3) is 0 Å². The lowest BCUT2D eigenvalue weighted by molar-refractivity contribution is -0.119. The van der Waals surface area contributed by atoms with Gasteiger partial charge < -0.3 is 16.4 Å². The molecule has 16 heavy (non-hydrogen) atoms. The zero-order valence-corrected chi connectivity index (χ0v) is 10.1. The molecule has 1 aliphatic rings. The molecule has 1 saturated carbocycles. The largest absolute Gasteiger partial charge is 0.383 e. The van der Waals surface area contributed by atoms with Crippen molar-refractivity contribution in [1.82, 2.24) is 9.69 Å². The summed E-state index contributed by atoms with van der Waals surface area (Å²) in [5.41, 5.74) is 6.91. The number of rotatable bonds is 5. The first kappa shape index (κ1) is 11.2. The molecule has 0 aliphatic heterocycles. The Hall–Kier alpha value is -1.30. The van der Waals surface area contributed by atoms with Gasteiger partial charge in [-0.25, -0.2) is 0 Å². The summed E-state index contributed by atoms with van der Waals surface area (Å²) in [5, 5.41) is 6.79. The molecule has 0 radical (unpaired) electrons. The quantitative estimate of drug-likeness (QED) is 0.721. The van der Waals surface area contributed by atoms with Crippen LogP contribution in [0.3, 0.4) is 0 Å². The molecule has 0 unspecified atom stereocenters. The number of amides is 1. The summed E-state index contributed by atoms with van der Waals surface area (Å²) >= 11 is 1.34. The molecule has 1 aromatic rings. The van der Waals surface area contributed by atoms with E-state index in [0.29, 0.717) is 18.3 Å². The summed E-state index contributed by atoms with van der Waals surface area (Å²) in [6.45, 7) is 2.84. The van der Waals surface area contributed by atoms with Crippen LogP contribution in [0.1, 0.15) is 31.2 Å². The average Bonchev–Trinajstić information content (AvgIpc) is 3.01. The fourth-order valence-electron chi connectivity index (χ4n) is 1.62. The fraction of sp³-hybridized carbons (Fsp3) is 0.600. The molecule has 6 heteroatoms. The Morgan fingerprint density at radius 2 is 2.38 bits per heavy atom. The molecule has 0 atom stereocenters. The highest BCUT2D eigenvalue weighted by molar-refractivity contribution is 7.10. The minimum Gasteiger partial charge on any atom is -0.383 e. The Morgan fingerprint density at radius 3 is 3.00 bits per heavy atom. The van der Waals surface area contributed by atoms with Gasteiger partial charge in [0.15, 0.2) is 0 Å². The van der Waals surface area contributed by atoms with E-state index in [0.717, 1.165) is 10.6 Å². The average molecular weight is 240 g/mol. The maximum absolute atomic E-state index is 11.3. The Kier molecular flexibility index (Phi) is 3.28. The highest BCUT2D eigenvalue weighted by Gasteiger charge is 2.30. The number of hydrogen-bond donors (Lipinski definition) is 3. The summed E-state index contributed by atoms with van der Waals surface area (Å²) in [6.07, 6.45) is 2.36. The minimum atomic E-state index is -0.00350. The van der Waals surface area contributed by atoms with Crippen LogP contribution < -0.4 is 16.4 Å². The van der Waals surface area contributed by atoms with Crippen LogP contribution in [-0.4, -0.2) is 23.4 Å². The molecule has 2 rings (SSSR count). The maximum Gasteiger partial charge on any atom is 0.239 e. The molecule has 0 aromatic carbocycles. The second-order valence-electron chi connectivity index (χ2n) is 3.89. The number of aromatic nitrogens is 1. The van der Waals surface area contributed by atoms with Crippen molar-refractivity contribution in [2.75, 3.05) is 24.1 Å². The molecule has 1 aliphatic carbocycles. The van der Waals surface area contributed by atoms with E-state index >= 15 is 0 Å². The minimum absolute atomic E-state index is 0.00350. The smallest absolute Gasteiger partial charge is 0.239 e. The number of carbonyl (C=O) groups is 1. The van der Waals surface area contributed by atoms with Gasteiger partial charge in [-0.2, -0.15) is 4.37 Å². The molecule has 0 bridgehead atoms. The van der Waals surface area contributed by atoms with Crippen molar-refractivity contribution in [3.63, 3.8) is 0 Å². The standard InChI is InChI=1S/C10H16N4OS/c1-2-12-7(15)5-13-10-8(6-3-4-6)9(11)14-16-10/h6,13H,2-5H2,1H3,(H2,11,14)(H,12,15). The van der Waals surface area contributed by atoms with Crippen molar-refractivity contribution in [2.45, 2.75) is 25.7 Å². The van der Waals surface area contributed by atoms with E-state index in [2.05, 4.69) is 15.0 Å². The van der Waals surface area contributed by atoms with Crippen molar-refractivity contribution in [1.29, 1.82) is 0 Å². The Morgan fingerprint density at radius 1 is 1.62 bits per heavy atom. The third-order valence-corrected chi connectivity index (χ3v) is 3.36. The zero-order valence-electron chi connectivity index (χ0n) is 9.25. The van der Waals surface area contributed by atoms with Crippen LogP contribution in [0.2, 0.25) is 0 Å². The van der Waals surface area contributed by atoms with Crippen molar-refractivity contribution in [3.05, 3.63) is 5.56 Å². The SMILES string of the molecule is CCNC(=O)CNc1snc(N)c1C1CC1. The fourth-order valence-corrected chi connectivity index (χ4v) is 2.42. The summed E-state index contributed by atoms with van der Waals surface area (Å²) in [7, 11) is 0. The first-order chi connectivity index (χ1) is 7.72. The monoisotopic (exact) mass is 240 g/mol. The lowest BCUT2D eigenvalue weighted by Gasteiger charge is -2.06. The predicted molar refractivity (Wildman–Crippen MR) is 65.7 cm³/mol. The van der Waals surface area contributed by atoms with Crippen LogP contribution in [0, 0.1) is 0 Å². The molecule has 1 aromatic heterocycles. The molecule has 5 nitrogen and oxygen atoms in total. The predicted octanol–water partition coefficient (Wildman–Crippen LogP) is 1.15. The van der Waals surface area contributed by atoms with E-state index < -0.39 is 0 Å². The number of likely N-dealkylation sites (N-methyl/N-ethyl adjacent to an activating group) is 1. The highest BCUT2D eigenvalue weighted by atomic mass is 32.1. The molecule has 1 fully saturated rings. The summed E-state index contributed by atoms with van der Waals surface area (Å²) < 4.78 is 4.13. The first-order valence-corrected chi connectivity index (χ1v) is 6.25. The summed E-state index contributed by atoms with van der Waals surface area (Å²) in [4.78, 5) is 11.3. The Bertz CT molecular complexity index is 386. The second-order valence-corrected chi connectivity index (χ2v) is 4.67. The number of nitrogens with two attached hydrogens (primary N) is 1. The number of nitrogens with one attached hydrogen (secondary N) is 2. The molecular formula is C10H16N4OS. The van der Waals surface area contributed by atoms with Gasteiger partial charge >= 0.3 is 0 Å². The van der Waals surface area contributed by atoms with E-state index in [1.54, 1.807) is 0 Å². The van der Waals surface area contributed by atoms with Gasteiger partial charge in [-0.15, -0.1) is 0 Å². The molecule has 1 amide bonds. The van der Waals surface area contributed by atoms with Crippen LogP contribution in [-0.2, 0) is 4.79 Å². The number of nitrogen functional groups attached to an aromatic ring is 1. The van der Waals surface area contributed by atoms with Gasteiger partial charge in [0.25, 0.3) is 0 Å². The summed E-state index contributed by atoms with van der Waals surface area (Å²) in [6, 6.07) is 0. The number of nitrogens with zero attached hydrogens (tertiary/aromatic N) is 1. The van der Waals surface area contributed by atoms with Crippen molar-refractivity contribution in [2.24, 2.45) is 0 Å². The number of hydrogen-bond acceptors (Lipinski definition) is 5. The summed E-state index contributed by atoms with van der Waals surface area (Å²) in [5.74, 6) is 1.16. The lowest BCUT2D eigenvalue weighted by Crippen LogP contribution is -2.29. The Labute approximate surface area is 98.6 Å². The molecular weight excluding hydrogens is 224 g/mol. The third-order valence-electron chi connectivity index (χ3n) is 2.52. The third kappa shape index (κ3) is 2.44. The van der Waals surface area contributed by atoms with Gasteiger partial charge in [0.1, 0.15) is 10.8 Å². The topological polar surface area (TPSA) is 80.0 Å². The van der Waals surface area contributed by atoms with E-state index in [1.165, 1.54) is 24.4 Å². The lowest BCUT2D eigenvalue weighted by atomic mass is 10.2. The second kappa shape index (κ2) is 4.69. The molecule has 0 spiro atoms. The molecule has 0 saturated heterocycles. The van der Waals surface area contributed by atoms with Crippen LogP contribution in [0.4, 0.5) is 10.8 Å². The van der Waals surface area contributed by atoms with Crippen molar-refractivity contribution in [3.8, 4) is 0 Å². The van der Waals surface area contributed by atoms with E-state index in [1.807, 2.05) is 6.92 Å². The van der Waals surface area contributed by atoms with Gasteiger partial charge in [-0.05, 0) is 37.2 Å². The van der Waals surface area contributed by atoms with Crippen LogP contribution in [0.5, 0.6) is 0 Å². The van der Waals surface area contributed by atoms with Gasteiger partial charge in [-0.3, -0.25) is 4.79 Å². The van der Waals surface area contributed by atoms with Crippen LogP contribution in [0.15, 0.2) is 0 Å². The first-order valence-electron chi connectivity index (χ1n) is 5.48. The van der Waals surface area contributed by atoms with Gasteiger partial charge in [-0.1, -0.05) is 0 Å². The molecule has 4 N–H and O–H groups in total. The number of carbonyl (C=O) groups excluding carboxylic acids is 1. The number of anilines is 2. The van der Waals surface area contributed by atoms with Gasteiger partial charge in [0, 0.05) is 12.1 Å².